The molecule has 2 bridgehead atoms. The Labute approximate surface area is 95.4 Å². The standard InChI is InChI=1S/C11H19NO4/c1-2-15-11(13)7-16-10-3-8-5-14-6-9(4-10)12-8/h8-10,12H,2-7H2,1H3. The van der Waals surface area contributed by atoms with Crippen molar-refractivity contribution in [3.05, 3.63) is 0 Å². The molecule has 2 saturated heterocycles. The number of rotatable bonds is 4. The normalized spacial score (nSPS) is 33.4. The highest BCUT2D eigenvalue weighted by molar-refractivity contribution is 5.70. The van der Waals surface area contributed by atoms with Crippen molar-refractivity contribution in [1.29, 1.82) is 0 Å². The van der Waals surface area contributed by atoms with E-state index in [1.807, 2.05) is 0 Å². The van der Waals surface area contributed by atoms with Gasteiger partial charge in [-0.2, -0.15) is 0 Å². The number of carbonyl (C=O) groups excluding carboxylic acids is 1. The van der Waals surface area contributed by atoms with Gasteiger partial charge >= 0.3 is 5.97 Å². The highest BCUT2D eigenvalue weighted by Gasteiger charge is 2.32. The average Bonchev–Trinajstić information content (AvgIpc) is 2.26. The fraction of sp³-hybridized carbons (Fsp3) is 0.909. The molecule has 0 aromatic rings. The van der Waals surface area contributed by atoms with Crippen LogP contribution in [-0.4, -0.2) is 50.6 Å². The summed E-state index contributed by atoms with van der Waals surface area (Å²) >= 11 is 0. The number of hydrogen-bond acceptors (Lipinski definition) is 5. The second-order valence-electron chi connectivity index (χ2n) is 4.31. The molecule has 92 valence electrons. The molecule has 2 atom stereocenters. The van der Waals surface area contributed by atoms with Crippen LogP contribution in [0.3, 0.4) is 0 Å². The lowest BCUT2D eigenvalue weighted by molar-refractivity contribution is -0.152. The molecular weight excluding hydrogens is 210 g/mol. The summed E-state index contributed by atoms with van der Waals surface area (Å²) in [6.45, 7) is 3.77. The number of fused-ring (bicyclic) bond motifs is 2. The van der Waals surface area contributed by atoms with Gasteiger partial charge < -0.3 is 19.5 Å². The Kier molecular flexibility index (Phi) is 4.15. The monoisotopic (exact) mass is 229 g/mol. The second-order valence-corrected chi connectivity index (χ2v) is 4.31. The summed E-state index contributed by atoms with van der Waals surface area (Å²) < 4.78 is 15.8. The van der Waals surface area contributed by atoms with E-state index in [0.717, 1.165) is 26.1 Å². The van der Waals surface area contributed by atoms with Gasteiger partial charge in [-0.3, -0.25) is 0 Å². The maximum atomic E-state index is 11.1. The van der Waals surface area contributed by atoms with E-state index < -0.39 is 0 Å². The summed E-state index contributed by atoms with van der Waals surface area (Å²) in [5.41, 5.74) is 0. The lowest BCUT2D eigenvalue weighted by atomic mass is 9.95. The molecule has 2 unspecified atom stereocenters. The van der Waals surface area contributed by atoms with Crippen LogP contribution >= 0.6 is 0 Å². The van der Waals surface area contributed by atoms with Crippen molar-refractivity contribution in [3.8, 4) is 0 Å². The zero-order chi connectivity index (χ0) is 11.4. The van der Waals surface area contributed by atoms with E-state index in [9.17, 15) is 4.79 Å². The van der Waals surface area contributed by atoms with Gasteiger partial charge in [-0.25, -0.2) is 4.79 Å². The van der Waals surface area contributed by atoms with Gasteiger partial charge in [0.25, 0.3) is 0 Å². The summed E-state index contributed by atoms with van der Waals surface area (Å²) in [7, 11) is 0. The number of carbonyl (C=O) groups is 1. The van der Waals surface area contributed by atoms with Crippen LogP contribution in [0.25, 0.3) is 0 Å². The van der Waals surface area contributed by atoms with Crippen LogP contribution < -0.4 is 5.32 Å². The molecule has 0 spiro atoms. The smallest absolute Gasteiger partial charge is 0.332 e. The second kappa shape index (κ2) is 5.61. The predicted octanol–water partition coefficient (Wildman–Crippen LogP) is 0.0855. The Morgan fingerprint density at radius 3 is 2.69 bits per heavy atom. The lowest BCUT2D eigenvalue weighted by Gasteiger charge is -2.39. The largest absolute Gasteiger partial charge is 0.464 e. The number of esters is 1. The van der Waals surface area contributed by atoms with Crippen molar-refractivity contribution in [2.45, 2.75) is 38.0 Å². The minimum Gasteiger partial charge on any atom is -0.464 e. The van der Waals surface area contributed by atoms with Gasteiger partial charge in [-0.05, 0) is 19.8 Å². The van der Waals surface area contributed by atoms with Crippen LogP contribution in [-0.2, 0) is 19.0 Å². The van der Waals surface area contributed by atoms with Gasteiger partial charge in [0.05, 0.1) is 25.9 Å². The summed E-state index contributed by atoms with van der Waals surface area (Å²) in [5, 5.41) is 3.47. The molecule has 0 saturated carbocycles. The minimum atomic E-state index is -0.276. The molecule has 2 aliphatic heterocycles. The fourth-order valence-electron chi connectivity index (χ4n) is 2.31. The quantitative estimate of drug-likeness (QED) is 0.692. The molecular formula is C11H19NO4. The third-order valence-electron chi connectivity index (χ3n) is 2.95. The molecule has 16 heavy (non-hydrogen) atoms. The number of piperidine rings is 1. The van der Waals surface area contributed by atoms with Crippen LogP contribution in [0, 0.1) is 0 Å². The van der Waals surface area contributed by atoms with Crippen LogP contribution in [0.4, 0.5) is 0 Å². The minimum absolute atomic E-state index is 0.0683. The maximum Gasteiger partial charge on any atom is 0.332 e. The van der Waals surface area contributed by atoms with Crippen molar-refractivity contribution >= 4 is 5.97 Å². The molecule has 1 N–H and O–H groups in total. The fourth-order valence-corrected chi connectivity index (χ4v) is 2.31. The van der Waals surface area contributed by atoms with Gasteiger partial charge in [0.2, 0.25) is 0 Å². The molecule has 0 aliphatic carbocycles. The van der Waals surface area contributed by atoms with Gasteiger partial charge in [-0.15, -0.1) is 0 Å². The molecule has 0 radical (unpaired) electrons. The highest BCUT2D eigenvalue weighted by atomic mass is 16.6. The highest BCUT2D eigenvalue weighted by Crippen LogP contribution is 2.20. The molecule has 2 heterocycles. The lowest BCUT2D eigenvalue weighted by Crippen LogP contribution is -2.56. The first-order chi connectivity index (χ1) is 7.78. The number of nitrogens with one attached hydrogen (secondary N) is 1. The third-order valence-corrected chi connectivity index (χ3v) is 2.95. The molecule has 0 amide bonds. The van der Waals surface area contributed by atoms with E-state index in [-0.39, 0.29) is 18.7 Å². The van der Waals surface area contributed by atoms with Gasteiger partial charge in [0.1, 0.15) is 6.61 Å². The summed E-state index contributed by atoms with van der Waals surface area (Å²) in [6.07, 6.45) is 1.98. The van der Waals surface area contributed by atoms with Crippen molar-refractivity contribution in [3.63, 3.8) is 0 Å². The van der Waals surface area contributed by atoms with Crippen molar-refractivity contribution in [2.24, 2.45) is 0 Å². The van der Waals surface area contributed by atoms with Crippen LogP contribution in [0.1, 0.15) is 19.8 Å². The zero-order valence-corrected chi connectivity index (χ0v) is 9.61. The molecule has 2 aliphatic rings. The van der Waals surface area contributed by atoms with E-state index in [2.05, 4.69) is 5.32 Å². The zero-order valence-electron chi connectivity index (χ0n) is 9.61. The molecule has 5 nitrogen and oxygen atoms in total. The summed E-state index contributed by atoms with van der Waals surface area (Å²) in [5.74, 6) is -0.276. The van der Waals surface area contributed by atoms with E-state index in [4.69, 9.17) is 14.2 Å². The SMILES string of the molecule is CCOC(=O)COC1CC2COCC(C1)N2. The topological polar surface area (TPSA) is 56.8 Å². The van der Waals surface area contributed by atoms with Crippen molar-refractivity contribution in [1.82, 2.24) is 5.32 Å². The maximum absolute atomic E-state index is 11.1. The Bertz CT molecular complexity index is 234. The van der Waals surface area contributed by atoms with E-state index in [1.165, 1.54) is 0 Å². The van der Waals surface area contributed by atoms with Gasteiger partial charge in [0.15, 0.2) is 0 Å². The average molecular weight is 229 g/mol. The van der Waals surface area contributed by atoms with Crippen LogP contribution in [0.15, 0.2) is 0 Å². The molecule has 0 aromatic heterocycles. The molecule has 0 aromatic carbocycles. The Morgan fingerprint density at radius 2 is 2.06 bits per heavy atom. The van der Waals surface area contributed by atoms with E-state index >= 15 is 0 Å². The first kappa shape index (κ1) is 11.8. The van der Waals surface area contributed by atoms with E-state index in [1.54, 1.807) is 6.92 Å². The number of ether oxygens (including phenoxy) is 3. The first-order valence-electron chi connectivity index (χ1n) is 5.89. The molecule has 5 heteroatoms. The summed E-state index contributed by atoms with van der Waals surface area (Å²) in [4.78, 5) is 11.1. The van der Waals surface area contributed by atoms with E-state index in [0.29, 0.717) is 18.7 Å². The number of hydrogen-bond donors (Lipinski definition) is 1. The Morgan fingerprint density at radius 1 is 1.38 bits per heavy atom. The Balaban J connectivity index is 1.72. The van der Waals surface area contributed by atoms with Crippen molar-refractivity contribution < 1.29 is 19.0 Å². The van der Waals surface area contributed by atoms with Crippen LogP contribution in [0.2, 0.25) is 0 Å². The molecule has 2 rings (SSSR count). The summed E-state index contributed by atoms with van der Waals surface area (Å²) in [6, 6.07) is 0.749. The van der Waals surface area contributed by atoms with Crippen molar-refractivity contribution in [2.75, 3.05) is 26.4 Å². The Hall–Kier alpha value is -0.650. The van der Waals surface area contributed by atoms with Gasteiger partial charge in [0, 0.05) is 12.1 Å². The molecule has 2 fully saturated rings. The predicted molar refractivity (Wildman–Crippen MR) is 57.1 cm³/mol. The van der Waals surface area contributed by atoms with Crippen LogP contribution in [0.5, 0.6) is 0 Å². The van der Waals surface area contributed by atoms with Gasteiger partial charge in [-0.1, -0.05) is 0 Å². The third kappa shape index (κ3) is 3.17. The number of morpholine rings is 1. The first-order valence-corrected chi connectivity index (χ1v) is 5.89.